The molecule has 0 saturated heterocycles. The Kier molecular flexibility index (Phi) is 6.90. The van der Waals surface area contributed by atoms with Crippen molar-refractivity contribution in [3.8, 4) is 0 Å². The molecule has 2 nitrogen and oxygen atoms in total. The van der Waals surface area contributed by atoms with Gasteiger partial charge in [0.25, 0.3) is 0 Å². The van der Waals surface area contributed by atoms with Crippen molar-refractivity contribution < 1.29 is 22.3 Å². The van der Waals surface area contributed by atoms with Crippen LogP contribution in [0.1, 0.15) is 11.1 Å². The number of nitrogens with one attached hydrogen (secondary N) is 1. The molecule has 0 amide bonds. The molecular weight excluding hydrogens is 310 g/mol. The van der Waals surface area contributed by atoms with E-state index < -0.39 is 19.0 Å². The van der Waals surface area contributed by atoms with Gasteiger partial charge in [-0.1, -0.05) is 23.7 Å². The summed E-state index contributed by atoms with van der Waals surface area (Å²) in [6.45, 7) is 0.494. The van der Waals surface area contributed by atoms with Crippen molar-refractivity contribution in [2.45, 2.75) is 31.7 Å². The topological polar surface area (TPSA) is 21.3 Å². The number of alkyl halides is 4. The molecule has 1 unspecified atom stereocenters. The molecule has 0 radical (unpaired) electrons. The Morgan fingerprint density at radius 2 is 2.00 bits per heavy atom. The zero-order chi connectivity index (χ0) is 16.0. The van der Waals surface area contributed by atoms with Crippen LogP contribution in [-0.2, 0) is 11.2 Å². The van der Waals surface area contributed by atoms with E-state index in [0.29, 0.717) is 11.4 Å². The highest BCUT2D eigenvalue weighted by molar-refractivity contribution is 6.31. The van der Waals surface area contributed by atoms with Crippen molar-refractivity contribution in [1.29, 1.82) is 0 Å². The van der Waals surface area contributed by atoms with E-state index in [-0.39, 0.29) is 12.6 Å². The number of halogens is 5. The van der Waals surface area contributed by atoms with Crippen molar-refractivity contribution >= 4 is 11.6 Å². The summed E-state index contributed by atoms with van der Waals surface area (Å²) in [5.41, 5.74) is 1.85. The minimum Gasteiger partial charge on any atom is -0.373 e. The van der Waals surface area contributed by atoms with Gasteiger partial charge in [-0.05, 0) is 37.6 Å². The van der Waals surface area contributed by atoms with Gasteiger partial charge in [0.1, 0.15) is 6.61 Å². The molecule has 0 spiro atoms. The number of likely N-dealkylation sites (N-methyl/N-ethyl adjacent to an activating group) is 1. The fourth-order valence-electron chi connectivity index (χ4n) is 1.73. The van der Waals surface area contributed by atoms with Crippen LogP contribution < -0.4 is 5.32 Å². The van der Waals surface area contributed by atoms with E-state index in [4.69, 9.17) is 16.3 Å². The summed E-state index contributed by atoms with van der Waals surface area (Å²) in [6.07, 6.45) is -3.27. The molecule has 1 rings (SSSR count). The summed E-state index contributed by atoms with van der Waals surface area (Å²) < 4.78 is 54.1. The van der Waals surface area contributed by atoms with Gasteiger partial charge in [-0.25, -0.2) is 8.78 Å². The maximum Gasteiger partial charge on any atom is 0.330 e. The summed E-state index contributed by atoms with van der Waals surface area (Å²) in [5.74, 6) is -4.13. The second-order valence-corrected chi connectivity index (χ2v) is 5.27. The molecule has 0 aliphatic rings. The van der Waals surface area contributed by atoms with Crippen LogP contribution in [0.5, 0.6) is 0 Å². The second kappa shape index (κ2) is 7.96. The van der Waals surface area contributed by atoms with Crippen LogP contribution in [0.25, 0.3) is 0 Å². The first-order valence-corrected chi connectivity index (χ1v) is 6.80. The highest BCUT2D eigenvalue weighted by atomic mass is 35.5. The number of rotatable bonds is 8. The number of hydrogen-bond acceptors (Lipinski definition) is 2. The van der Waals surface area contributed by atoms with E-state index in [1.807, 2.05) is 19.1 Å². The summed E-state index contributed by atoms with van der Waals surface area (Å²) in [6, 6.07) is 5.24. The highest BCUT2D eigenvalue weighted by Gasteiger charge is 2.41. The van der Waals surface area contributed by atoms with E-state index in [2.05, 4.69) is 5.32 Å². The van der Waals surface area contributed by atoms with Gasteiger partial charge in [-0.15, -0.1) is 0 Å². The van der Waals surface area contributed by atoms with Gasteiger partial charge in [0, 0.05) is 11.1 Å². The Morgan fingerprint density at radius 1 is 1.33 bits per heavy atom. The van der Waals surface area contributed by atoms with Crippen molar-refractivity contribution in [2.75, 3.05) is 20.3 Å². The lowest BCUT2D eigenvalue weighted by Crippen LogP contribution is -2.37. The minimum atomic E-state index is -4.13. The monoisotopic (exact) mass is 327 g/mol. The largest absolute Gasteiger partial charge is 0.373 e. The van der Waals surface area contributed by atoms with Crippen molar-refractivity contribution in [3.05, 3.63) is 34.3 Å². The third kappa shape index (κ3) is 5.80. The SMILES string of the molecule is CNC(COCC(F)(F)C(F)F)Cc1ccc(C)cc1Cl. The molecule has 0 aliphatic carbocycles. The van der Waals surface area contributed by atoms with Gasteiger partial charge in [0.05, 0.1) is 6.61 Å². The zero-order valence-corrected chi connectivity index (χ0v) is 12.6. The first-order valence-electron chi connectivity index (χ1n) is 6.42. The first-order chi connectivity index (χ1) is 9.76. The van der Waals surface area contributed by atoms with Crippen molar-refractivity contribution in [3.63, 3.8) is 0 Å². The van der Waals surface area contributed by atoms with E-state index in [1.54, 1.807) is 13.1 Å². The second-order valence-electron chi connectivity index (χ2n) is 4.86. The van der Waals surface area contributed by atoms with E-state index in [9.17, 15) is 17.6 Å². The molecule has 21 heavy (non-hydrogen) atoms. The van der Waals surface area contributed by atoms with Crippen LogP contribution in [0.3, 0.4) is 0 Å². The molecular formula is C14H18ClF4NO. The van der Waals surface area contributed by atoms with E-state index >= 15 is 0 Å². The normalized spacial score (nSPS) is 13.7. The fraction of sp³-hybridized carbons (Fsp3) is 0.571. The average molecular weight is 328 g/mol. The molecule has 1 N–H and O–H groups in total. The molecule has 1 atom stereocenters. The van der Waals surface area contributed by atoms with Crippen LogP contribution in [-0.4, -0.2) is 38.7 Å². The summed E-state index contributed by atoms with van der Waals surface area (Å²) in [4.78, 5) is 0. The summed E-state index contributed by atoms with van der Waals surface area (Å²) in [7, 11) is 1.64. The first kappa shape index (κ1) is 18.2. The lowest BCUT2D eigenvalue weighted by Gasteiger charge is -2.20. The van der Waals surface area contributed by atoms with Gasteiger partial charge in [-0.3, -0.25) is 0 Å². The molecule has 0 saturated carbocycles. The third-order valence-corrected chi connectivity index (χ3v) is 3.37. The maximum atomic E-state index is 12.7. The number of ether oxygens (including phenoxy) is 1. The maximum absolute atomic E-state index is 12.7. The van der Waals surface area contributed by atoms with Crippen LogP contribution >= 0.6 is 11.6 Å². The lowest BCUT2D eigenvalue weighted by molar-refractivity contribution is -0.166. The van der Waals surface area contributed by atoms with Crippen LogP contribution in [0.4, 0.5) is 17.6 Å². The standard InChI is InChI=1S/C14H18ClF4NO/c1-9-3-4-10(12(15)5-9)6-11(20-2)7-21-8-14(18,19)13(16)17/h3-5,11,13,20H,6-8H2,1-2H3. The molecule has 120 valence electrons. The Morgan fingerprint density at radius 3 is 2.52 bits per heavy atom. The summed E-state index contributed by atoms with van der Waals surface area (Å²) >= 11 is 6.09. The van der Waals surface area contributed by atoms with Crippen LogP contribution in [0, 0.1) is 6.92 Å². The van der Waals surface area contributed by atoms with Gasteiger partial charge in [0.15, 0.2) is 0 Å². The molecule has 0 heterocycles. The molecule has 0 bridgehead atoms. The zero-order valence-electron chi connectivity index (χ0n) is 11.8. The Hall–Kier alpha value is -0.850. The van der Waals surface area contributed by atoms with Crippen LogP contribution in [0.15, 0.2) is 18.2 Å². The third-order valence-electron chi connectivity index (χ3n) is 3.02. The summed E-state index contributed by atoms with van der Waals surface area (Å²) in [5, 5.41) is 3.47. The highest BCUT2D eigenvalue weighted by Crippen LogP contribution is 2.23. The predicted octanol–water partition coefficient (Wildman–Crippen LogP) is 3.70. The van der Waals surface area contributed by atoms with E-state index in [1.165, 1.54) is 0 Å². The lowest BCUT2D eigenvalue weighted by atomic mass is 10.0. The molecule has 0 aliphatic heterocycles. The number of aryl methyl sites for hydroxylation is 1. The molecule has 7 heteroatoms. The van der Waals surface area contributed by atoms with Gasteiger partial charge < -0.3 is 10.1 Å². The van der Waals surface area contributed by atoms with Crippen molar-refractivity contribution in [2.24, 2.45) is 0 Å². The fourth-order valence-corrected chi connectivity index (χ4v) is 2.04. The van der Waals surface area contributed by atoms with Crippen molar-refractivity contribution in [1.82, 2.24) is 5.32 Å². The number of hydrogen-bond donors (Lipinski definition) is 1. The smallest absolute Gasteiger partial charge is 0.330 e. The molecule has 1 aromatic rings. The molecule has 1 aromatic carbocycles. The number of benzene rings is 1. The minimum absolute atomic E-state index is 0.108. The molecule has 0 aromatic heterocycles. The van der Waals surface area contributed by atoms with Gasteiger partial charge >= 0.3 is 12.3 Å². The average Bonchev–Trinajstić information content (AvgIpc) is 2.39. The van der Waals surface area contributed by atoms with E-state index in [0.717, 1.165) is 11.1 Å². The Bertz CT molecular complexity index is 457. The van der Waals surface area contributed by atoms with Crippen LogP contribution in [0.2, 0.25) is 5.02 Å². The Labute approximate surface area is 126 Å². The quantitative estimate of drug-likeness (QED) is 0.735. The Balaban J connectivity index is 2.52. The van der Waals surface area contributed by atoms with Gasteiger partial charge in [0.2, 0.25) is 0 Å². The predicted molar refractivity (Wildman–Crippen MR) is 74.5 cm³/mol. The van der Waals surface area contributed by atoms with Gasteiger partial charge in [-0.2, -0.15) is 8.78 Å². The molecule has 0 fully saturated rings.